The summed E-state index contributed by atoms with van der Waals surface area (Å²) in [5.41, 5.74) is 2.47. The van der Waals surface area contributed by atoms with E-state index in [2.05, 4.69) is 5.32 Å². The van der Waals surface area contributed by atoms with Crippen molar-refractivity contribution in [2.45, 2.75) is 66.1 Å². The maximum atomic E-state index is 13.3. The van der Waals surface area contributed by atoms with Crippen molar-refractivity contribution in [1.29, 1.82) is 0 Å². The third kappa shape index (κ3) is 7.28. The number of halogens is 1. The van der Waals surface area contributed by atoms with Gasteiger partial charge in [-0.25, -0.2) is 0 Å². The predicted octanol–water partition coefficient (Wildman–Crippen LogP) is 5.06. The zero-order valence-corrected chi connectivity index (χ0v) is 20.0. The number of nitrogens with zero attached hydrogens (tertiary/aromatic N) is 1. The molecule has 0 aromatic heterocycles. The van der Waals surface area contributed by atoms with Crippen molar-refractivity contribution in [2.24, 2.45) is 0 Å². The molecule has 0 bridgehead atoms. The van der Waals surface area contributed by atoms with Gasteiger partial charge in [0.1, 0.15) is 11.8 Å². The number of nitrogens with one attached hydrogen (secondary N) is 1. The highest BCUT2D eigenvalue weighted by atomic mass is 35.5. The van der Waals surface area contributed by atoms with Crippen LogP contribution in [0.15, 0.2) is 42.5 Å². The number of carbonyl (C=O) groups is 2. The molecule has 1 unspecified atom stereocenters. The third-order valence-corrected chi connectivity index (χ3v) is 5.23. The van der Waals surface area contributed by atoms with Gasteiger partial charge in [0, 0.05) is 17.1 Å². The van der Waals surface area contributed by atoms with E-state index in [4.69, 9.17) is 16.3 Å². The fraction of sp³-hybridized carbons (Fsp3) is 0.440. The van der Waals surface area contributed by atoms with E-state index in [1.807, 2.05) is 77.9 Å². The quantitative estimate of drug-likeness (QED) is 0.619. The second-order valence-electron chi connectivity index (χ2n) is 8.83. The van der Waals surface area contributed by atoms with E-state index in [1.54, 1.807) is 11.0 Å². The van der Waals surface area contributed by atoms with Gasteiger partial charge in [0.2, 0.25) is 5.91 Å². The van der Waals surface area contributed by atoms with Crippen molar-refractivity contribution >= 4 is 23.4 Å². The monoisotopic (exact) mass is 444 g/mol. The molecule has 2 amide bonds. The van der Waals surface area contributed by atoms with Crippen molar-refractivity contribution in [3.05, 3.63) is 64.2 Å². The van der Waals surface area contributed by atoms with Crippen molar-refractivity contribution in [3.8, 4) is 5.75 Å². The fourth-order valence-corrected chi connectivity index (χ4v) is 3.56. The van der Waals surface area contributed by atoms with Crippen molar-refractivity contribution < 1.29 is 14.3 Å². The van der Waals surface area contributed by atoms with E-state index in [1.165, 1.54) is 0 Å². The van der Waals surface area contributed by atoms with E-state index in [-0.39, 0.29) is 25.0 Å². The summed E-state index contributed by atoms with van der Waals surface area (Å²) in [5, 5.41) is 3.55. The number of aryl methyl sites for hydroxylation is 2. The van der Waals surface area contributed by atoms with Crippen LogP contribution >= 0.6 is 11.6 Å². The molecule has 6 heteroatoms. The molecule has 2 aromatic carbocycles. The number of ether oxygens (including phenoxy) is 1. The molecule has 31 heavy (non-hydrogen) atoms. The molecule has 0 aliphatic rings. The molecule has 168 valence electrons. The van der Waals surface area contributed by atoms with Gasteiger partial charge in [-0.05, 0) is 64.3 Å². The van der Waals surface area contributed by atoms with Gasteiger partial charge < -0.3 is 15.0 Å². The Morgan fingerprint density at radius 1 is 1.13 bits per heavy atom. The molecule has 2 rings (SSSR count). The molecular weight excluding hydrogens is 412 g/mol. The molecule has 0 saturated carbocycles. The molecular formula is C25H33ClN2O3. The second kappa shape index (κ2) is 10.7. The average Bonchev–Trinajstić information content (AvgIpc) is 2.67. The smallest absolute Gasteiger partial charge is 0.261 e. The lowest BCUT2D eigenvalue weighted by molar-refractivity contribution is -0.143. The Bertz CT molecular complexity index is 921. The molecule has 0 heterocycles. The first-order chi connectivity index (χ1) is 14.5. The Labute approximate surface area is 190 Å². The van der Waals surface area contributed by atoms with Crippen LogP contribution in [0.3, 0.4) is 0 Å². The zero-order chi connectivity index (χ0) is 23.2. The van der Waals surface area contributed by atoms with Crippen molar-refractivity contribution in [2.75, 3.05) is 6.61 Å². The van der Waals surface area contributed by atoms with Gasteiger partial charge >= 0.3 is 0 Å². The SMILES string of the molecule is CCC(C(=O)NC(C)(C)C)N(Cc1ccccc1Cl)C(=O)COc1ccc(C)cc1C. The minimum absolute atomic E-state index is 0.159. The van der Waals surface area contributed by atoms with Gasteiger partial charge in [-0.2, -0.15) is 0 Å². The fourth-order valence-electron chi connectivity index (χ4n) is 3.37. The predicted molar refractivity (Wildman–Crippen MR) is 125 cm³/mol. The van der Waals surface area contributed by atoms with Crippen LogP contribution in [0.4, 0.5) is 0 Å². The molecule has 2 aromatic rings. The first-order valence-electron chi connectivity index (χ1n) is 10.6. The van der Waals surface area contributed by atoms with E-state index >= 15 is 0 Å². The molecule has 0 fully saturated rings. The van der Waals surface area contributed by atoms with Gasteiger partial charge in [0.25, 0.3) is 5.91 Å². The first kappa shape index (κ1) is 24.7. The minimum atomic E-state index is -0.634. The lowest BCUT2D eigenvalue weighted by atomic mass is 10.1. The lowest BCUT2D eigenvalue weighted by Crippen LogP contribution is -2.54. The summed E-state index contributed by atoms with van der Waals surface area (Å²) >= 11 is 6.35. The molecule has 0 spiro atoms. The molecule has 5 nitrogen and oxygen atoms in total. The van der Waals surface area contributed by atoms with Crippen LogP contribution < -0.4 is 10.1 Å². The Hall–Kier alpha value is -2.53. The topological polar surface area (TPSA) is 58.6 Å². The molecule has 1 atom stereocenters. The number of hydrogen-bond acceptors (Lipinski definition) is 3. The van der Waals surface area contributed by atoms with E-state index in [0.717, 1.165) is 16.7 Å². The molecule has 0 aliphatic heterocycles. The van der Waals surface area contributed by atoms with Gasteiger partial charge in [0.15, 0.2) is 6.61 Å². The number of rotatable bonds is 8. The normalized spacial score (nSPS) is 12.2. The number of amides is 2. The Morgan fingerprint density at radius 2 is 1.81 bits per heavy atom. The highest BCUT2D eigenvalue weighted by Crippen LogP contribution is 2.22. The summed E-state index contributed by atoms with van der Waals surface area (Å²) < 4.78 is 5.82. The van der Waals surface area contributed by atoms with Gasteiger partial charge in [0.05, 0.1) is 0 Å². The summed E-state index contributed by atoms with van der Waals surface area (Å²) in [6.45, 7) is 11.7. The number of carbonyl (C=O) groups excluding carboxylic acids is 2. The zero-order valence-electron chi connectivity index (χ0n) is 19.3. The van der Waals surface area contributed by atoms with Gasteiger partial charge in [-0.3, -0.25) is 9.59 Å². The van der Waals surface area contributed by atoms with Crippen LogP contribution in [0.1, 0.15) is 50.8 Å². The van der Waals surface area contributed by atoms with Crippen LogP contribution in [0, 0.1) is 13.8 Å². The Kier molecular flexibility index (Phi) is 8.52. The minimum Gasteiger partial charge on any atom is -0.483 e. The summed E-state index contributed by atoms with van der Waals surface area (Å²) in [5.74, 6) is 0.196. The molecule has 0 saturated heterocycles. The summed E-state index contributed by atoms with van der Waals surface area (Å²) in [7, 11) is 0. The Balaban J connectivity index is 2.27. The third-order valence-electron chi connectivity index (χ3n) is 4.86. The highest BCUT2D eigenvalue weighted by molar-refractivity contribution is 6.31. The van der Waals surface area contributed by atoms with Crippen molar-refractivity contribution in [3.63, 3.8) is 0 Å². The van der Waals surface area contributed by atoms with Crippen LogP contribution in [0.2, 0.25) is 5.02 Å². The van der Waals surface area contributed by atoms with E-state index in [0.29, 0.717) is 17.2 Å². The van der Waals surface area contributed by atoms with Crippen LogP contribution in [-0.4, -0.2) is 34.9 Å². The lowest BCUT2D eigenvalue weighted by Gasteiger charge is -2.33. The maximum absolute atomic E-state index is 13.3. The summed E-state index contributed by atoms with van der Waals surface area (Å²) in [6.07, 6.45) is 0.474. The average molecular weight is 445 g/mol. The second-order valence-corrected chi connectivity index (χ2v) is 9.24. The van der Waals surface area contributed by atoms with Crippen molar-refractivity contribution in [1.82, 2.24) is 10.2 Å². The Morgan fingerprint density at radius 3 is 2.39 bits per heavy atom. The largest absolute Gasteiger partial charge is 0.483 e. The highest BCUT2D eigenvalue weighted by Gasteiger charge is 2.31. The molecule has 1 N–H and O–H groups in total. The van der Waals surface area contributed by atoms with Crippen LogP contribution in [0.5, 0.6) is 5.75 Å². The van der Waals surface area contributed by atoms with Gasteiger partial charge in [-0.1, -0.05) is 54.4 Å². The summed E-state index contributed by atoms with van der Waals surface area (Å²) in [6, 6.07) is 12.5. The van der Waals surface area contributed by atoms with E-state index < -0.39 is 11.6 Å². The van der Waals surface area contributed by atoms with Gasteiger partial charge in [-0.15, -0.1) is 0 Å². The first-order valence-corrected chi connectivity index (χ1v) is 10.9. The standard InChI is InChI=1S/C25H33ClN2O3/c1-7-21(24(30)27-25(4,5)6)28(15-19-10-8-9-11-20(19)26)23(29)16-31-22-13-12-17(2)14-18(22)3/h8-14,21H,7,15-16H2,1-6H3,(H,27,30). The number of benzene rings is 2. The maximum Gasteiger partial charge on any atom is 0.261 e. The molecule has 0 aliphatic carbocycles. The summed E-state index contributed by atoms with van der Waals surface area (Å²) in [4.78, 5) is 27.8. The van der Waals surface area contributed by atoms with E-state index in [9.17, 15) is 9.59 Å². The number of hydrogen-bond donors (Lipinski definition) is 1. The van der Waals surface area contributed by atoms with Crippen LogP contribution in [-0.2, 0) is 16.1 Å². The van der Waals surface area contributed by atoms with Crippen LogP contribution in [0.25, 0.3) is 0 Å². The molecule has 0 radical (unpaired) electrons.